The number of alkyl carbamates (subject to hydrolysis) is 1. The zero-order valence-corrected chi connectivity index (χ0v) is 10.3. The Balaban J connectivity index is 2.55. The molecule has 0 aliphatic carbocycles. The Bertz CT molecular complexity index is 355. The summed E-state index contributed by atoms with van der Waals surface area (Å²) in [5.41, 5.74) is 0.816. The van der Waals surface area contributed by atoms with Crippen LogP contribution < -0.4 is 5.32 Å². The number of amides is 1. The zero-order valence-electron chi connectivity index (χ0n) is 9.50. The number of nitrogens with one attached hydrogen (secondary N) is 1. The summed E-state index contributed by atoms with van der Waals surface area (Å²) in [5.74, 6) is 0. The Morgan fingerprint density at radius 2 is 2.19 bits per heavy atom. The van der Waals surface area contributed by atoms with E-state index < -0.39 is 6.09 Å². The van der Waals surface area contributed by atoms with E-state index in [0.29, 0.717) is 11.6 Å². The highest BCUT2D eigenvalue weighted by molar-refractivity contribution is 6.31. The Hall–Kier alpha value is -1.22. The molecular weight excluding hydrogens is 226 g/mol. The molecule has 0 radical (unpaired) electrons. The molecule has 1 N–H and O–H groups in total. The largest absolute Gasteiger partial charge is 0.442 e. The first-order valence-electron chi connectivity index (χ1n) is 5.34. The van der Waals surface area contributed by atoms with Gasteiger partial charge in [0.25, 0.3) is 0 Å². The summed E-state index contributed by atoms with van der Waals surface area (Å²) >= 11 is 6.00. The van der Waals surface area contributed by atoms with Gasteiger partial charge in [0, 0.05) is 17.1 Å². The van der Waals surface area contributed by atoms with Crippen LogP contribution in [0.15, 0.2) is 24.3 Å². The second kappa shape index (κ2) is 6.38. The van der Waals surface area contributed by atoms with Gasteiger partial charge >= 0.3 is 6.09 Å². The maximum atomic E-state index is 11.3. The quantitative estimate of drug-likeness (QED) is 0.876. The van der Waals surface area contributed by atoms with Gasteiger partial charge in [-0.05, 0) is 19.4 Å². The predicted octanol–water partition coefficient (Wildman–Crippen LogP) is 3.54. The van der Waals surface area contributed by atoms with Crippen LogP contribution in [-0.2, 0) is 4.74 Å². The van der Waals surface area contributed by atoms with E-state index >= 15 is 0 Å². The van der Waals surface area contributed by atoms with E-state index in [1.54, 1.807) is 13.0 Å². The molecule has 0 saturated carbocycles. The second-order valence-electron chi connectivity index (χ2n) is 3.50. The Morgan fingerprint density at radius 3 is 2.81 bits per heavy atom. The summed E-state index contributed by atoms with van der Waals surface area (Å²) in [6.45, 7) is 4.40. The van der Waals surface area contributed by atoms with Gasteiger partial charge in [-0.25, -0.2) is 4.79 Å². The van der Waals surface area contributed by atoms with E-state index in [9.17, 15) is 4.79 Å². The number of hydrogen-bond acceptors (Lipinski definition) is 2. The van der Waals surface area contributed by atoms with Crippen LogP contribution >= 0.6 is 11.6 Å². The van der Waals surface area contributed by atoms with Crippen LogP contribution in [0, 0.1) is 0 Å². The molecule has 16 heavy (non-hydrogen) atoms. The molecule has 1 rings (SSSR count). The number of benzene rings is 1. The van der Waals surface area contributed by atoms with E-state index in [1.165, 1.54) is 0 Å². The maximum absolute atomic E-state index is 11.3. The molecule has 0 bridgehead atoms. The van der Waals surface area contributed by atoms with Crippen molar-refractivity contribution in [2.45, 2.75) is 26.4 Å². The average molecular weight is 242 g/mol. The Kier molecular flexibility index (Phi) is 5.12. The lowest BCUT2D eigenvalue weighted by Gasteiger charge is -2.15. The van der Waals surface area contributed by atoms with Crippen LogP contribution in [0.3, 0.4) is 0 Å². The smallest absolute Gasteiger partial charge is 0.407 e. The first-order valence-corrected chi connectivity index (χ1v) is 5.71. The summed E-state index contributed by atoms with van der Waals surface area (Å²) in [7, 11) is 0. The molecule has 0 heterocycles. The lowest BCUT2D eigenvalue weighted by Crippen LogP contribution is -2.26. The molecule has 0 saturated heterocycles. The highest BCUT2D eigenvalue weighted by Crippen LogP contribution is 2.24. The maximum Gasteiger partial charge on any atom is 0.407 e. The molecule has 1 aromatic carbocycles. The summed E-state index contributed by atoms with van der Waals surface area (Å²) in [6.07, 6.45) is 0.134. The summed E-state index contributed by atoms with van der Waals surface area (Å²) in [5, 5.41) is 3.26. The topological polar surface area (TPSA) is 38.3 Å². The number of hydrogen-bond donors (Lipinski definition) is 1. The van der Waals surface area contributed by atoms with Gasteiger partial charge in [0.2, 0.25) is 0 Å². The van der Waals surface area contributed by atoms with Crippen LogP contribution in [0.5, 0.6) is 0 Å². The van der Waals surface area contributed by atoms with Crippen LogP contribution in [0.2, 0.25) is 5.02 Å². The van der Waals surface area contributed by atoms with Gasteiger partial charge in [0.15, 0.2) is 0 Å². The van der Waals surface area contributed by atoms with Gasteiger partial charge in [-0.3, -0.25) is 0 Å². The lowest BCUT2D eigenvalue weighted by molar-refractivity contribution is 0.107. The number of carbonyl (C=O) groups is 1. The summed E-state index contributed by atoms with van der Waals surface area (Å²) in [4.78, 5) is 11.3. The molecule has 0 aromatic heterocycles. The van der Waals surface area contributed by atoms with Crippen molar-refractivity contribution in [3.05, 3.63) is 34.9 Å². The van der Waals surface area contributed by atoms with Crippen molar-refractivity contribution in [3.8, 4) is 0 Å². The van der Waals surface area contributed by atoms with Crippen molar-refractivity contribution in [1.29, 1.82) is 0 Å². The zero-order chi connectivity index (χ0) is 12.0. The number of carbonyl (C=O) groups excluding carboxylic acids is 1. The van der Waals surface area contributed by atoms with Crippen molar-refractivity contribution in [2.75, 3.05) is 6.54 Å². The average Bonchev–Trinajstić information content (AvgIpc) is 2.26. The molecule has 4 heteroatoms. The van der Waals surface area contributed by atoms with E-state index in [2.05, 4.69) is 5.32 Å². The molecule has 1 aromatic rings. The minimum Gasteiger partial charge on any atom is -0.442 e. The Morgan fingerprint density at radius 1 is 1.50 bits per heavy atom. The summed E-state index contributed by atoms with van der Waals surface area (Å²) in [6, 6.07) is 7.33. The standard InChI is InChI=1S/C12H16ClNO2/c1-3-8-14-12(15)16-9(2)10-6-4-5-7-11(10)13/h4-7,9H,3,8H2,1-2H3,(H,14,15). The van der Waals surface area contributed by atoms with Gasteiger partial charge in [-0.15, -0.1) is 0 Å². The first-order chi connectivity index (χ1) is 7.65. The van der Waals surface area contributed by atoms with E-state index in [1.807, 2.05) is 25.1 Å². The monoisotopic (exact) mass is 241 g/mol. The normalized spacial score (nSPS) is 11.9. The van der Waals surface area contributed by atoms with Gasteiger partial charge in [-0.2, -0.15) is 0 Å². The van der Waals surface area contributed by atoms with Gasteiger partial charge in [-0.1, -0.05) is 36.7 Å². The molecule has 88 valence electrons. The fourth-order valence-corrected chi connectivity index (χ4v) is 1.59. The van der Waals surface area contributed by atoms with Crippen molar-refractivity contribution >= 4 is 17.7 Å². The molecule has 0 aliphatic heterocycles. The van der Waals surface area contributed by atoms with Crippen LogP contribution in [0.1, 0.15) is 31.9 Å². The minimum atomic E-state index is -0.408. The van der Waals surface area contributed by atoms with Gasteiger partial charge in [0.05, 0.1) is 0 Å². The molecule has 0 fully saturated rings. The molecule has 0 aliphatic rings. The van der Waals surface area contributed by atoms with Crippen molar-refractivity contribution in [1.82, 2.24) is 5.32 Å². The predicted molar refractivity (Wildman–Crippen MR) is 64.6 cm³/mol. The summed E-state index contributed by atoms with van der Waals surface area (Å²) < 4.78 is 5.18. The van der Waals surface area contributed by atoms with Crippen LogP contribution in [0.25, 0.3) is 0 Å². The fourth-order valence-electron chi connectivity index (χ4n) is 1.30. The molecule has 1 amide bonds. The Labute approximate surface area is 101 Å². The van der Waals surface area contributed by atoms with E-state index in [4.69, 9.17) is 16.3 Å². The van der Waals surface area contributed by atoms with E-state index in [-0.39, 0.29) is 6.10 Å². The van der Waals surface area contributed by atoms with Crippen molar-refractivity contribution in [3.63, 3.8) is 0 Å². The highest BCUT2D eigenvalue weighted by Gasteiger charge is 2.13. The third-order valence-electron chi connectivity index (χ3n) is 2.15. The molecule has 1 unspecified atom stereocenters. The molecule has 3 nitrogen and oxygen atoms in total. The third kappa shape index (κ3) is 3.74. The number of halogens is 1. The van der Waals surface area contributed by atoms with Gasteiger partial charge in [0.1, 0.15) is 6.10 Å². The molecular formula is C12H16ClNO2. The SMILES string of the molecule is CCCNC(=O)OC(C)c1ccccc1Cl. The second-order valence-corrected chi connectivity index (χ2v) is 3.90. The number of ether oxygens (including phenoxy) is 1. The van der Waals surface area contributed by atoms with E-state index in [0.717, 1.165) is 12.0 Å². The minimum absolute atomic E-state index is 0.342. The van der Waals surface area contributed by atoms with Crippen LogP contribution in [0.4, 0.5) is 4.79 Å². The van der Waals surface area contributed by atoms with Crippen molar-refractivity contribution < 1.29 is 9.53 Å². The lowest BCUT2D eigenvalue weighted by atomic mass is 10.1. The molecule has 0 spiro atoms. The third-order valence-corrected chi connectivity index (χ3v) is 2.49. The number of rotatable bonds is 4. The fraction of sp³-hybridized carbons (Fsp3) is 0.417. The highest BCUT2D eigenvalue weighted by atomic mass is 35.5. The van der Waals surface area contributed by atoms with Crippen molar-refractivity contribution in [2.24, 2.45) is 0 Å². The van der Waals surface area contributed by atoms with Crippen LogP contribution in [-0.4, -0.2) is 12.6 Å². The first kappa shape index (κ1) is 12.8. The van der Waals surface area contributed by atoms with Gasteiger partial charge < -0.3 is 10.1 Å². The molecule has 1 atom stereocenters.